The summed E-state index contributed by atoms with van der Waals surface area (Å²) in [5, 5.41) is 2.80. The molecule has 1 heterocycles. The van der Waals surface area contributed by atoms with Crippen molar-refractivity contribution in [3.63, 3.8) is 0 Å². The van der Waals surface area contributed by atoms with Crippen molar-refractivity contribution in [1.82, 2.24) is 4.31 Å². The Hall–Kier alpha value is -1.74. The Balaban J connectivity index is 1.65. The Bertz CT molecular complexity index is 920. The van der Waals surface area contributed by atoms with Gasteiger partial charge in [-0.1, -0.05) is 28.1 Å². The lowest BCUT2D eigenvalue weighted by atomic mass is 10.1. The number of hydrogen-bond donors (Lipinski definition) is 1. The molecule has 0 aliphatic carbocycles. The van der Waals surface area contributed by atoms with Gasteiger partial charge in [-0.25, -0.2) is 8.42 Å². The summed E-state index contributed by atoms with van der Waals surface area (Å²) in [4.78, 5) is 12.4. The number of halogens is 1. The van der Waals surface area contributed by atoms with Crippen LogP contribution in [0.5, 0.6) is 0 Å². The molecule has 0 radical (unpaired) electrons. The largest absolute Gasteiger partial charge is 0.373 e. The molecule has 0 unspecified atom stereocenters. The van der Waals surface area contributed by atoms with Gasteiger partial charge in [0.25, 0.3) is 0 Å². The summed E-state index contributed by atoms with van der Waals surface area (Å²) < 4.78 is 33.7. The number of sulfonamides is 1. The SMILES string of the molecule is C[C@@H]1CN(S(=O)(=O)c2ccc(NC(=O)Cc3ccc(Br)cc3)cc2)C[C@@H](C)O1. The molecule has 6 nitrogen and oxygen atoms in total. The highest BCUT2D eigenvalue weighted by atomic mass is 79.9. The van der Waals surface area contributed by atoms with E-state index in [2.05, 4.69) is 21.2 Å². The molecular formula is C20H23BrN2O4S. The van der Waals surface area contributed by atoms with Crippen molar-refractivity contribution >= 4 is 37.5 Å². The number of hydrogen-bond acceptors (Lipinski definition) is 4. The van der Waals surface area contributed by atoms with Gasteiger partial charge in [-0.05, 0) is 55.8 Å². The maximum absolute atomic E-state index is 12.9. The van der Waals surface area contributed by atoms with Crippen LogP contribution in [-0.4, -0.2) is 43.9 Å². The zero-order valence-corrected chi connectivity index (χ0v) is 18.2. The van der Waals surface area contributed by atoms with E-state index < -0.39 is 10.0 Å². The van der Waals surface area contributed by atoms with Crippen LogP contribution in [0.2, 0.25) is 0 Å². The molecule has 0 aromatic heterocycles. The number of nitrogens with zero attached hydrogens (tertiary/aromatic N) is 1. The van der Waals surface area contributed by atoms with Gasteiger partial charge in [-0.3, -0.25) is 4.79 Å². The number of rotatable bonds is 5. The predicted molar refractivity (Wildman–Crippen MR) is 112 cm³/mol. The number of anilines is 1. The molecule has 1 fully saturated rings. The Labute approximate surface area is 174 Å². The fourth-order valence-electron chi connectivity index (χ4n) is 3.18. The van der Waals surface area contributed by atoms with Gasteiger partial charge in [0.05, 0.1) is 23.5 Å². The quantitative estimate of drug-likeness (QED) is 0.731. The summed E-state index contributed by atoms with van der Waals surface area (Å²) in [6, 6.07) is 13.8. The summed E-state index contributed by atoms with van der Waals surface area (Å²) in [7, 11) is -3.59. The van der Waals surface area contributed by atoms with E-state index in [4.69, 9.17) is 4.74 Å². The molecule has 1 saturated heterocycles. The predicted octanol–water partition coefficient (Wildman–Crippen LogP) is 3.43. The van der Waals surface area contributed by atoms with Crippen LogP contribution in [0.3, 0.4) is 0 Å². The lowest BCUT2D eigenvalue weighted by molar-refractivity contribution is -0.115. The maximum atomic E-state index is 12.9. The zero-order valence-electron chi connectivity index (χ0n) is 15.8. The average molecular weight is 467 g/mol. The topological polar surface area (TPSA) is 75.7 Å². The zero-order chi connectivity index (χ0) is 20.3. The normalized spacial score (nSPS) is 20.7. The molecule has 2 aromatic carbocycles. The van der Waals surface area contributed by atoms with Crippen LogP contribution >= 0.6 is 15.9 Å². The second-order valence-corrected chi connectivity index (χ2v) is 9.81. The van der Waals surface area contributed by atoms with Gasteiger partial charge < -0.3 is 10.1 Å². The first kappa shape index (κ1) is 21.0. The molecule has 1 aliphatic heterocycles. The minimum absolute atomic E-state index is 0.143. The van der Waals surface area contributed by atoms with E-state index in [0.717, 1.165) is 10.0 Å². The third-order valence-corrected chi connectivity index (χ3v) is 6.81. The van der Waals surface area contributed by atoms with Crippen LogP contribution in [0, 0.1) is 0 Å². The van der Waals surface area contributed by atoms with E-state index >= 15 is 0 Å². The van der Waals surface area contributed by atoms with Gasteiger partial charge in [-0.15, -0.1) is 0 Å². The van der Waals surface area contributed by atoms with Crippen molar-refractivity contribution in [1.29, 1.82) is 0 Å². The molecule has 2 atom stereocenters. The van der Waals surface area contributed by atoms with Crippen molar-refractivity contribution in [2.24, 2.45) is 0 Å². The Morgan fingerprint density at radius 2 is 1.64 bits per heavy atom. The van der Waals surface area contributed by atoms with E-state index in [1.807, 2.05) is 38.1 Å². The van der Waals surface area contributed by atoms with Crippen LogP contribution in [0.25, 0.3) is 0 Å². The number of nitrogens with one attached hydrogen (secondary N) is 1. The summed E-state index contributed by atoms with van der Waals surface area (Å²) in [5.74, 6) is -0.159. The van der Waals surface area contributed by atoms with Crippen LogP contribution in [-0.2, 0) is 26.0 Å². The van der Waals surface area contributed by atoms with E-state index in [1.54, 1.807) is 12.1 Å². The van der Waals surface area contributed by atoms with Crippen LogP contribution < -0.4 is 5.32 Å². The van der Waals surface area contributed by atoms with Gasteiger partial charge in [0.2, 0.25) is 15.9 Å². The Morgan fingerprint density at radius 1 is 1.07 bits per heavy atom. The molecule has 2 aromatic rings. The molecule has 1 amide bonds. The van der Waals surface area contributed by atoms with Gasteiger partial charge >= 0.3 is 0 Å². The van der Waals surface area contributed by atoms with Crippen molar-refractivity contribution in [2.45, 2.75) is 37.4 Å². The fourth-order valence-corrected chi connectivity index (χ4v) is 5.03. The molecule has 1 aliphatic rings. The molecule has 0 saturated carbocycles. The maximum Gasteiger partial charge on any atom is 0.243 e. The van der Waals surface area contributed by atoms with Gasteiger partial charge in [0.1, 0.15) is 0 Å². The first-order chi connectivity index (χ1) is 13.2. The van der Waals surface area contributed by atoms with E-state index in [9.17, 15) is 13.2 Å². The van der Waals surface area contributed by atoms with Crippen molar-refractivity contribution in [2.75, 3.05) is 18.4 Å². The summed E-state index contributed by atoms with van der Waals surface area (Å²) in [6.07, 6.45) is -0.0388. The Kier molecular flexibility index (Phi) is 6.54. The second kappa shape index (κ2) is 8.73. The number of benzene rings is 2. The molecular weight excluding hydrogens is 444 g/mol. The van der Waals surface area contributed by atoms with Crippen molar-refractivity contribution < 1.29 is 17.9 Å². The monoisotopic (exact) mass is 466 g/mol. The number of amides is 1. The summed E-state index contributed by atoms with van der Waals surface area (Å²) in [6.45, 7) is 4.39. The molecule has 8 heteroatoms. The highest BCUT2D eigenvalue weighted by Gasteiger charge is 2.32. The molecule has 1 N–H and O–H groups in total. The first-order valence-electron chi connectivity index (χ1n) is 9.04. The van der Waals surface area contributed by atoms with Crippen LogP contribution in [0.15, 0.2) is 57.9 Å². The molecule has 0 spiro atoms. The summed E-state index contributed by atoms with van der Waals surface area (Å²) in [5.41, 5.74) is 1.46. The van der Waals surface area contributed by atoms with E-state index in [1.165, 1.54) is 16.4 Å². The molecule has 0 bridgehead atoms. The van der Waals surface area contributed by atoms with Gasteiger partial charge in [-0.2, -0.15) is 4.31 Å². The van der Waals surface area contributed by atoms with Crippen molar-refractivity contribution in [3.05, 3.63) is 58.6 Å². The average Bonchev–Trinajstić information content (AvgIpc) is 2.63. The molecule has 150 valence electrons. The molecule has 28 heavy (non-hydrogen) atoms. The minimum atomic E-state index is -3.59. The highest BCUT2D eigenvalue weighted by molar-refractivity contribution is 9.10. The third-order valence-electron chi connectivity index (χ3n) is 4.44. The third kappa shape index (κ3) is 5.20. The molecule has 3 rings (SSSR count). The van der Waals surface area contributed by atoms with E-state index in [-0.39, 0.29) is 29.4 Å². The first-order valence-corrected chi connectivity index (χ1v) is 11.3. The lowest BCUT2D eigenvalue weighted by Gasteiger charge is -2.34. The number of carbonyl (C=O) groups is 1. The standard InChI is InChI=1S/C20H23BrN2O4S/c1-14-12-23(13-15(2)27-14)28(25,26)19-9-7-18(8-10-19)22-20(24)11-16-3-5-17(21)6-4-16/h3-10,14-15H,11-13H2,1-2H3,(H,22,24)/t14-,15-/m1/s1. The Morgan fingerprint density at radius 3 is 2.21 bits per heavy atom. The van der Waals surface area contributed by atoms with E-state index in [0.29, 0.717) is 18.8 Å². The highest BCUT2D eigenvalue weighted by Crippen LogP contribution is 2.22. The number of morpholine rings is 1. The minimum Gasteiger partial charge on any atom is -0.373 e. The second-order valence-electron chi connectivity index (χ2n) is 6.96. The smallest absolute Gasteiger partial charge is 0.243 e. The van der Waals surface area contributed by atoms with Crippen LogP contribution in [0.1, 0.15) is 19.4 Å². The van der Waals surface area contributed by atoms with Crippen molar-refractivity contribution in [3.8, 4) is 0 Å². The van der Waals surface area contributed by atoms with Gasteiger partial charge in [0, 0.05) is 23.2 Å². The fraction of sp³-hybridized carbons (Fsp3) is 0.350. The summed E-state index contributed by atoms with van der Waals surface area (Å²) >= 11 is 3.36. The van der Waals surface area contributed by atoms with Crippen LogP contribution in [0.4, 0.5) is 5.69 Å². The lowest BCUT2D eigenvalue weighted by Crippen LogP contribution is -2.48. The number of ether oxygens (including phenoxy) is 1. The van der Waals surface area contributed by atoms with Gasteiger partial charge in [0.15, 0.2) is 0 Å². The number of carbonyl (C=O) groups excluding carboxylic acids is 1.